The van der Waals surface area contributed by atoms with Gasteiger partial charge in [0.25, 0.3) is 0 Å². The molecule has 0 saturated heterocycles. The third kappa shape index (κ3) is 5.18. The first-order valence-electron chi connectivity index (χ1n) is 6.13. The van der Waals surface area contributed by atoms with Crippen molar-refractivity contribution in [1.29, 1.82) is 0 Å². The molecule has 1 rings (SSSR count). The van der Waals surface area contributed by atoms with Crippen LogP contribution in [-0.4, -0.2) is 36.4 Å². The molecule has 1 aromatic carbocycles. The van der Waals surface area contributed by atoms with E-state index in [1.54, 1.807) is 6.07 Å². The Morgan fingerprint density at radius 3 is 2.75 bits per heavy atom. The molecule has 0 aromatic heterocycles. The third-order valence-corrected chi connectivity index (χ3v) is 2.95. The van der Waals surface area contributed by atoms with Crippen LogP contribution < -0.4 is 10.6 Å². The largest absolute Gasteiger partial charge is 0.478 e. The molecule has 110 valence electrons. The van der Waals surface area contributed by atoms with Gasteiger partial charge in [0.1, 0.15) is 0 Å². The highest BCUT2D eigenvalue weighted by Gasteiger charge is 2.13. The fraction of sp³-hybridized carbons (Fsp3) is 0.385. The van der Waals surface area contributed by atoms with Crippen molar-refractivity contribution in [2.75, 3.05) is 18.5 Å². The van der Waals surface area contributed by atoms with E-state index in [0.717, 1.165) is 0 Å². The Morgan fingerprint density at radius 1 is 1.45 bits per heavy atom. The zero-order valence-corrected chi connectivity index (χ0v) is 12.9. The zero-order valence-electron chi connectivity index (χ0n) is 11.3. The van der Waals surface area contributed by atoms with Crippen LogP contribution in [0.3, 0.4) is 0 Å². The van der Waals surface area contributed by atoms with Gasteiger partial charge in [0.2, 0.25) is 0 Å². The molecule has 1 atom stereocenters. The van der Waals surface area contributed by atoms with Crippen LogP contribution in [0.15, 0.2) is 22.7 Å². The maximum Gasteiger partial charge on any atom is 0.337 e. The summed E-state index contributed by atoms with van der Waals surface area (Å²) in [5.41, 5.74) is 0.259. The van der Waals surface area contributed by atoms with Crippen LogP contribution in [0.2, 0.25) is 0 Å². The van der Waals surface area contributed by atoms with Crippen molar-refractivity contribution in [2.45, 2.75) is 20.0 Å². The van der Waals surface area contributed by atoms with Crippen molar-refractivity contribution in [3.05, 3.63) is 28.2 Å². The summed E-state index contributed by atoms with van der Waals surface area (Å²) in [5, 5.41) is 14.2. The Hall–Kier alpha value is -1.60. The number of hydrogen-bond donors (Lipinski definition) is 3. The van der Waals surface area contributed by atoms with Gasteiger partial charge in [-0.3, -0.25) is 0 Å². The fourth-order valence-corrected chi connectivity index (χ4v) is 1.91. The van der Waals surface area contributed by atoms with Crippen LogP contribution in [0.4, 0.5) is 10.5 Å². The SMILES string of the molecule is CCOC(C)CNC(=O)Nc1cc(Br)ccc1C(=O)O. The van der Waals surface area contributed by atoms with Crippen molar-refractivity contribution in [2.24, 2.45) is 0 Å². The number of nitrogens with one attached hydrogen (secondary N) is 2. The number of rotatable bonds is 6. The van der Waals surface area contributed by atoms with E-state index in [9.17, 15) is 9.59 Å². The molecule has 0 aliphatic carbocycles. The number of amides is 2. The number of aromatic carboxylic acids is 1. The predicted octanol–water partition coefficient (Wildman–Crippen LogP) is 2.69. The molecule has 0 saturated carbocycles. The van der Waals surface area contributed by atoms with Crippen LogP contribution in [0.5, 0.6) is 0 Å². The van der Waals surface area contributed by atoms with Crippen LogP contribution in [-0.2, 0) is 4.74 Å². The lowest BCUT2D eigenvalue weighted by molar-refractivity contribution is 0.0697. The lowest BCUT2D eigenvalue weighted by Gasteiger charge is -2.14. The molecule has 6 nitrogen and oxygen atoms in total. The first-order valence-corrected chi connectivity index (χ1v) is 6.92. The summed E-state index contributed by atoms with van der Waals surface area (Å²) in [6, 6.07) is 4.08. The number of ether oxygens (including phenoxy) is 1. The number of halogens is 1. The summed E-state index contributed by atoms with van der Waals surface area (Å²) in [5.74, 6) is -1.10. The highest BCUT2D eigenvalue weighted by Crippen LogP contribution is 2.21. The second-order valence-electron chi connectivity index (χ2n) is 4.10. The van der Waals surface area contributed by atoms with Gasteiger partial charge in [-0.1, -0.05) is 15.9 Å². The molecule has 7 heteroatoms. The average Bonchev–Trinajstić information content (AvgIpc) is 2.36. The lowest BCUT2D eigenvalue weighted by Crippen LogP contribution is -2.35. The Morgan fingerprint density at radius 2 is 2.15 bits per heavy atom. The quantitative estimate of drug-likeness (QED) is 0.740. The molecular weight excluding hydrogens is 328 g/mol. The van der Waals surface area contributed by atoms with Gasteiger partial charge in [-0.15, -0.1) is 0 Å². The van der Waals surface area contributed by atoms with Crippen LogP contribution in [0.25, 0.3) is 0 Å². The summed E-state index contributed by atoms with van der Waals surface area (Å²) in [7, 11) is 0. The van der Waals surface area contributed by atoms with Crippen LogP contribution >= 0.6 is 15.9 Å². The van der Waals surface area contributed by atoms with Gasteiger partial charge < -0.3 is 20.5 Å². The molecule has 0 spiro atoms. The maximum atomic E-state index is 11.7. The van der Waals surface area contributed by atoms with E-state index in [2.05, 4.69) is 26.6 Å². The number of hydrogen-bond acceptors (Lipinski definition) is 3. The van der Waals surface area contributed by atoms with Gasteiger partial charge in [-0.2, -0.15) is 0 Å². The molecule has 0 radical (unpaired) electrons. The molecule has 0 heterocycles. The van der Waals surface area contributed by atoms with Gasteiger partial charge in [0, 0.05) is 17.6 Å². The standard InChI is InChI=1S/C13H17BrN2O4/c1-3-20-8(2)7-15-13(19)16-11-6-9(14)4-5-10(11)12(17)18/h4-6,8H,3,7H2,1-2H3,(H,17,18)(H2,15,16,19). The van der Waals surface area contributed by atoms with Gasteiger partial charge in [0.05, 0.1) is 17.4 Å². The van der Waals surface area contributed by atoms with Gasteiger partial charge in [0.15, 0.2) is 0 Å². The molecular formula is C13H17BrN2O4. The smallest absolute Gasteiger partial charge is 0.337 e. The topological polar surface area (TPSA) is 87.7 Å². The molecule has 0 aliphatic rings. The molecule has 0 aliphatic heterocycles. The average molecular weight is 345 g/mol. The van der Waals surface area contributed by atoms with Gasteiger partial charge >= 0.3 is 12.0 Å². The van der Waals surface area contributed by atoms with E-state index in [4.69, 9.17) is 9.84 Å². The highest BCUT2D eigenvalue weighted by molar-refractivity contribution is 9.10. The molecule has 1 aromatic rings. The highest BCUT2D eigenvalue weighted by atomic mass is 79.9. The number of carbonyl (C=O) groups is 2. The predicted molar refractivity (Wildman–Crippen MR) is 79.2 cm³/mol. The molecule has 1 unspecified atom stereocenters. The van der Waals surface area contributed by atoms with E-state index in [1.165, 1.54) is 12.1 Å². The molecule has 0 bridgehead atoms. The van der Waals surface area contributed by atoms with Crippen molar-refractivity contribution in [1.82, 2.24) is 5.32 Å². The Labute approximate surface area is 125 Å². The summed E-state index contributed by atoms with van der Waals surface area (Å²) in [6.07, 6.45) is -0.104. The summed E-state index contributed by atoms with van der Waals surface area (Å²) in [6.45, 7) is 4.62. The minimum atomic E-state index is -1.10. The normalized spacial score (nSPS) is 11.8. The van der Waals surface area contributed by atoms with Gasteiger partial charge in [-0.25, -0.2) is 9.59 Å². The summed E-state index contributed by atoms with van der Waals surface area (Å²) in [4.78, 5) is 22.8. The summed E-state index contributed by atoms with van der Waals surface area (Å²) >= 11 is 3.23. The van der Waals surface area contributed by atoms with E-state index in [-0.39, 0.29) is 17.4 Å². The van der Waals surface area contributed by atoms with Crippen molar-refractivity contribution in [3.63, 3.8) is 0 Å². The summed E-state index contributed by atoms with van der Waals surface area (Å²) < 4.78 is 5.96. The van der Waals surface area contributed by atoms with Gasteiger partial charge in [-0.05, 0) is 32.0 Å². The second kappa shape index (κ2) is 7.86. The lowest BCUT2D eigenvalue weighted by atomic mass is 10.2. The number of benzene rings is 1. The minimum absolute atomic E-state index is 0.0289. The van der Waals surface area contributed by atoms with Crippen LogP contribution in [0, 0.1) is 0 Å². The Balaban J connectivity index is 2.66. The Bertz CT molecular complexity index is 493. The number of carbonyl (C=O) groups excluding carboxylic acids is 1. The molecule has 2 amide bonds. The van der Waals surface area contributed by atoms with E-state index < -0.39 is 12.0 Å². The third-order valence-electron chi connectivity index (χ3n) is 2.46. The number of urea groups is 1. The van der Waals surface area contributed by atoms with Crippen LogP contribution in [0.1, 0.15) is 24.2 Å². The second-order valence-corrected chi connectivity index (χ2v) is 5.01. The minimum Gasteiger partial charge on any atom is -0.478 e. The zero-order chi connectivity index (χ0) is 15.1. The Kier molecular flexibility index (Phi) is 6.47. The number of carboxylic acid groups (broad SMARTS) is 1. The molecule has 20 heavy (non-hydrogen) atoms. The number of anilines is 1. The van der Waals surface area contributed by atoms with E-state index in [0.29, 0.717) is 17.6 Å². The first-order chi connectivity index (χ1) is 9.43. The molecule has 3 N–H and O–H groups in total. The van der Waals surface area contributed by atoms with Crippen molar-refractivity contribution < 1.29 is 19.4 Å². The number of carboxylic acids is 1. The maximum absolute atomic E-state index is 11.7. The monoisotopic (exact) mass is 344 g/mol. The van der Waals surface area contributed by atoms with Crippen molar-refractivity contribution in [3.8, 4) is 0 Å². The van der Waals surface area contributed by atoms with Crippen molar-refractivity contribution >= 4 is 33.6 Å². The molecule has 0 fully saturated rings. The first kappa shape index (κ1) is 16.5. The fourth-order valence-electron chi connectivity index (χ4n) is 1.55. The van der Waals surface area contributed by atoms with E-state index in [1.807, 2.05) is 13.8 Å². The van der Waals surface area contributed by atoms with E-state index >= 15 is 0 Å².